The molecule has 0 saturated heterocycles. The highest BCUT2D eigenvalue weighted by molar-refractivity contribution is 5.88. The van der Waals surface area contributed by atoms with Crippen LogP contribution < -0.4 is 14.4 Å². The normalized spacial score (nSPS) is 14.3. The molecule has 37 heavy (non-hydrogen) atoms. The number of fused-ring (bicyclic) bond motifs is 3. The van der Waals surface area contributed by atoms with Gasteiger partial charge in [0.2, 0.25) is 0 Å². The zero-order valence-electron chi connectivity index (χ0n) is 21.0. The van der Waals surface area contributed by atoms with Crippen LogP contribution in [0.5, 0.6) is 17.2 Å². The Bertz CT molecular complexity index is 1400. The van der Waals surface area contributed by atoms with Gasteiger partial charge in [0.15, 0.2) is 0 Å². The number of carbonyl (C=O) groups is 1. The molecule has 6 nitrogen and oxygen atoms in total. The number of amides is 1. The second-order valence-electron chi connectivity index (χ2n) is 9.06. The third-order valence-corrected chi connectivity index (χ3v) is 6.82. The lowest BCUT2D eigenvalue weighted by atomic mass is 9.92. The van der Waals surface area contributed by atoms with Crippen molar-refractivity contribution in [3.8, 4) is 28.4 Å². The molecule has 0 saturated carbocycles. The zero-order valence-corrected chi connectivity index (χ0v) is 21.0. The SMILES string of the molecule is COc1ccc(N(Cc2ccc(O)cc2)C(=O)OC(C)C2c3ccccc3-c3ccc(OC)cc32)cc1. The molecule has 0 bridgehead atoms. The van der Waals surface area contributed by atoms with Gasteiger partial charge in [-0.25, -0.2) is 4.79 Å². The first kappa shape index (κ1) is 24.3. The van der Waals surface area contributed by atoms with E-state index in [0.29, 0.717) is 11.4 Å². The molecule has 1 aliphatic carbocycles. The molecule has 2 unspecified atom stereocenters. The monoisotopic (exact) mass is 495 g/mol. The Balaban J connectivity index is 1.45. The summed E-state index contributed by atoms with van der Waals surface area (Å²) in [5, 5.41) is 9.68. The fraction of sp³-hybridized carbons (Fsp3) is 0.194. The number of phenolic OH excluding ortho intramolecular Hbond substituents is 1. The van der Waals surface area contributed by atoms with Crippen LogP contribution in [0.15, 0.2) is 91.0 Å². The van der Waals surface area contributed by atoms with Crippen molar-refractivity contribution in [1.29, 1.82) is 0 Å². The molecule has 0 aromatic heterocycles. The summed E-state index contributed by atoms with van der Waals surface area (Å²) in [4.78, 5) is 15.3. The molecule has 4 aromatic rings. The minimum atomic E-state index is -0.459. The van der Waals surface area contributed by atoms with Crippen molar-refractivity contribution < 1.29 is 24.1 Å². The maximum absolute atomic E-state index is 13.7. The molecule has 0 aliphatic heterocycles. The molecule has 188 valence electrons. The van der Waals surface area contributed by atoms with E-state index in [9.17, 15) is 9.90 Å². The van der Waals surface area contributed by atoms with Gasteiger partial charge in [0.05, 0.1) is 20.8 Å². The molecule has 0 fully saturated rings. The van der Waals surface area contributed by atoms with Crippen LogP contribution in [0.2, 0.25) is 0 Å². The molecule has 4 aromatic carbocycles. The number of nitrogens with zero attached hydrogens (tertiary/aromatic N) is 1. The lowest BCUT2D eigenvalue weighted by Crippen LogP contribution is -2.35. The van der Waals surface area contributed by atoms with Gasteiger partial charge in [-0.15, -0.1) is 0 Å². The summed E-state index contributed by atoms with van der Waals surface area (Å²) in [5.41, 5.74) is 6.01. The van der Waals surface area contributed by atoms with Crippen molar-refractivity contribution in [2.75, 3.05) is 19.1 Å². The van der Waals surface area contributed by atoms with Gasteiger partial charge in [0.25, 0.3) is 0 Å². The number of ether oxygens (including phenoxy) is 3. The quantitative estimate of drug-likeness (QED) is 0.307. The number of aromatic hydroxyl groups is 1. The Hall–Kier alpha value is -4.45. The largest absolute Gasteiger partial charge is 0.508 e. The van der Waals surface area contributed by atoms with E-state index in [0.717, 1.165) is 33.6 Å². The topological polar surface area (TPSA) is 68.2 Å². The van der Waals surface area contributed by atoms with Crippen LogP contribution in [0.4, 0.5) is 10.5 Å². The Morgan fingerprint density at radius 3 is 2.19 bits per heavy atom. The molecular weight excluding hydrogens is 466 g/mol. The smallest absolute Gasteiger partial charge is 0.414 e. The van der Waals surface area contributed by atoms with Gasteiger partial charge >= 0.3 is 6.09 Å². The van der Waals surface area contributed by atoms with E-state index in [2.05, 4.69) is 18.2 Å². The van der Waals surface area contributed by atoms with E-state index < -0.39 is 12.2 Å². The molecule has 2 atom stereocenters. The highest BCUT2D eigenvalue weighted by Crippen LogP contribution is 2.48. The summed E-state index contributed by atoms with van der Waals surface area (Å²) in [6.07, 6.45) is -0.901. The van der Waals surface area contributed by atoms with E-state index in [1.54, 1.807) is 43.4 Å². The van der Waals surface area contributed by atoms with Gasteiger partial charge in [-0.3, -0.25) is 4.90 Å². The third-order valence-electron chi connectivity index (χ3n) is 6.82. The minimum absolute atomic E-state index is 0.128. The summed E-state index contributed by atoms with van der Waals surface area (Å²) < 4.78 is 16.9. The van der Waals surface area contributed by atoms with Crippen LogP contribution in [-0.2, 0) is 11.3 Å². The van der Waals surface area contributed by atoms with Gasteiger partial charge in [-0.2, -0.15) is 0 Å². The molecule has 0 spiro atoms. The van der Waals surface area contributed by atoms with Crippen LogP contribution in [0.1, 0.15) is 29.5 Å². The molecule has 1 aliphatic rings. The van der Waals surface area contributed by atoms with Gasteiger partial charge in [0.1, 0.15) is 23.4 Å². The average Bonchev–Trinajstić information content (AvgIpc) is 3.26. The summed E-state index contributed by atoms with van der Waals surface area (Å²) in [6, 6.07) is 28.4. The van der Waals surface area contributed by atoms with Gasteiger partial charge in [-0.05, 0) is 83.3 Å². The second kappa shape index (κ2) is 10.3. The van der Waals surface area contributed by atoms with Crippen LogP contribution in [0, 0.1) is 0 Å². The Kier molecular flexibility index (Phi) is 6.73. The first-order chi connectivity index (χ1) is 18.0. The van der Waals surface area contributed by atoms with E-state index in [4.69, 9.17) is 14.2 Å². The molecule has 5 rings (SSSR count). The average molecular weight is 496 g/mol. The summed E-state index contributed by atoms with van der Waals surface area (Å²) in [7, 11) is 3.25. The summed E-state index contributed by atoms with van der Waals surface area (Å²) in [5.74, 6) is 1.51. The summed E-state index contributed by atoms with van der Waals surface area (Å²) in [6.45, 7) is 2.21. The van der Waals surface area contributed by atoms with Gasteiger partial charge in [0, 0.05) is 11.6 Å². The molecular formula is C31H29NO5. The number of anilines is 1. The van der Waals surface area contributed by atoms with E-state index in [-0.39, 0.29) is 18.2 Å². The number of methoxy groups -OCH3 is 2. The highest BCUT2D eigenvalue weighted by atomic mass is 16.6. The standard InChI is InChI=1S/C31H29NO5/c1-20(30-28-7-5-4-6-26(28)27-17-16-25(36-3)18-29(27)30)37-31(34)32(19-21-8-12-23(33)13-9-21)22-10-14-24(35-2)15-11-22/h4-18,20,30,33H,19H2,1-3H3. The lowest BCUT2D eigenvalue weighted by Gasteiger charge is -2.28. The first-order valence-electron chi connectivity index (χ1n) is 12.2. The van der Waals surface area contributed by atoms with Crippen LogP contribution in [0.25, 0.3) is 11.1 Å². The fourth-order valence-electron chi connectivity index (χ4n) is 4.96. The van der Waals surface area contributed by atoms with Gasteiger partial charge < -0.3 is 19.3 Å². The Labute approximate surface area is 216 Å². The Morgan fingerprint density at radius 1 is 0.838 bits per heavy atom. The molecule has 0 heterocycles. The van der Waals surface area contributed by atoms with Crippen molar-refractivity contribution in [3.05, 3.63) is 108 Å². The van der Waals surface area contributed by atoms with Crippen LogP contribution in [-0.4, -0.2) is 31.5 Å². The molecule has 1 N–H and O–H groups in total. The van der Waals surface area contributed by atoms with Crippen molar-refractivity contribution in [2.24, 2.45) is 0 Å². The lowest BCUT2D eigenvalue weighted by molar-refractivity contribution is 0.105. The second-order valence-corrected chi connectivity index (χ2v) is 9.06. The number of hydrogen-bond donors (Lipinski definition) is 1. The maximum Gasteiger partial charge on any atom is 0.414 e. The number of benzene rings is 4. The van der Waals surface area contributed by atoms with Crippen molar-refractivity contribution >= 4 is 11.8 Å². The third kappa shape index (κ3) is 4.83. The maximum atomic E-state index is 13.7. The first-order valence-corrected chi connectivity index (χ1v) is 12.2. The fourth-order valence-corrected chi connectivity index (χ4v) is 4.96. The highest BCUT2D eigenvalue weighted by Gasteiger charge is 2.35. The van der Waals surface area contributed by atoms with Crippen LogP contribution in [0.3, 0.4) is 0 Å². The number of phenols is 1. The predicted molar refractivity (Wildman–Crippen MR) is 143 cm³/mol. The van der Waals surface area contributed by atoms with Crippen molar-refractivity contribution in [2.45, 2.75) is 25.5 Å². The summed E-state index contributed by atoms with van der Waals surface area (Å²) >= 11 is 0. The number of hydrogen-bond acceptors (Lipinski definition) is 5. The van der Waals surface area contributed by atoms with Crippen molar-refractivity contribution in [1.82, 2.24) is 0 Å². The Morgan fingerprint density at radius 2 is 1.49 bits per heavy atom. The van der Waals surface area contributed by atoms with E-state index in [1.807, 2.05) is 55.5 Å². The van der Waals surface area contributed by atoms with E-state index >= 15 is 0 Å². The molecule has 0 radical (unpaired) electrons. The van der Waals surface area contributed by atoms with Gasteiger partial charge in [-0.1, -0.05) is 42.5 Å². The molecule has 1 amide bonds. The van der Waals surface area contributed by atoms with E-state index in [1.165, 1.54) is 0 Å². The minimum Gasteiger partial charge on any atom is -0.508 e. The number of carbonyl (C=O) groups excluding carboxylic acids is 1. The van der Waals surface area contributed by atoms with Crippen LogP contribution >= 0.6 is 0 Å². The number of rotatable bonds is 7. The molecule has 6 heteroatoms. The predicted octanol–water partition coefficient (Wildman–Crippen LogP) is 6.75. The van der Waals surface area contributed by atoms with Crippen molar-refractivity contribution in [3.63, 3.8) is 0 Å². The zero-order chi connectivity index (χ0) is 25.9.